The number of hydrogen-bond donors (Lipinski definition) is 1. The first-order valence-corrected chi connectivity index (χ1v) is 5.62. The van der Waals surface area contributed by atoms with Gasteiger partial charge in [-0.3, -0.25) is 9.59 Å². The minimum atomic E-state index is -1.01. The highest BCUT2D eigenvalue weighted by Gasteiger charge is 2.30. The first-order chi connectivity index (χ1) is 8.18. The highest BCUT2D eigenvalue weighted by atomic mass is 16.5. The van der Waals surface area contributed by atoms with E-state index in [1.165, 1.54) is 17.2 Å². The first kappa shape index (κ1) is 11.6. The van der Waals surface area contributed by atoms with Crippen LogP contribution in [0.1, 0.15) is 36.2 Å². The van der Waals surface area contributed by atoms with Crippen LogP contribution in [0.4, 0.5) is 0 Å². The van der Waals surface area contributed by atoms with E-state index in [9.17, 15) is 9.59 Å². The van der Waals surface area contributed by atoms with Gasteiger partial charge in [0.1, 0.15) is 6.54 Å². The van der Waals surface area contributed by atoms with Gasteiger partial charge in [-0.15, -0.1) is 0 Å². The van der Waals surface area contributed by atoms with Gasteiger partial charge < -0.3 is 14.5 Å². The van der Waals surface area contributed by atoms with E-state index in [-0.39, 0.29) is 18.3 Å². The molecule has 1 aliphatic rings. The number of aromatic nitrogens is 1. The number of hydrogen-bond acceptors (Lipinski definition) is 4. The van der Waals surface area contributed by atoms with Gasteiger partial charge in [0, 0.05) is 12.1 Å². The molecule has 1 aromatic heterocycles. The van der Waals surface area contributed by atoms with Crippen molar-refractivity contribution in [2.75, 3.05) is 6.54 Å². The highest BCUT2D eigenvalue weighted by Crippen LogP contribution is 2.24. The van der Waals surface area contributed by atoms with Crippen LogP contribution >= 0.6 is 0 Å². The quantitative estimate of drug-likeness (QED) is 0.850. The van der Waals surface area contributed by atoms with Gasteiger partial charge in [0.25, 0.3) is 5.91 Å². The number of carboxylic acid groups (broad SMARTS) is 1. The Labute approximate surface area is 98.2 Å². The van der Waals surface area contributed by atoms with E-state index < -0.39 is 11.9 Å². The SMILES string of the molecule is O=C(O)CN(C(=O)c1ccno1)C1CCCC1. The third kappa shape index (κ3) is 2.64. The monoisotopic (exact) mass is 238 g/mol. The molecule has 0 bridgehead atoms. The average Bonchev–Trinajstić information content (AvgIpc) is 2.96. The number of nitrogens with zero attached hydrogens (tertiary/aromatic N) is 2. The van der Waals surface area contributed by atoms with Crippen molar-refractivity contribution in [2.24, 2.45) is 0 Å². The van der Waals surface area contributed by atoms with E-state index in [1.54, 1.807) is 0 Å². The van der Waals surface area contributed by atoms with Crippen molar-refractivity contribution in [3.05, 3.63) is 18.0 Å². The minimum Gasteiger partial charge on any atom is -0.480 e. The van der Waals surface area contributed by atoms with Gasteiger partial charge in [0.2, 0.25) is 5.76 Å². The fourth-order valence-corrected chi connectivity index (χ4v) is 2.20. The molecule has 1 aliphatic carbocycles. The lowest BCUT2D eigenvalue weighted by atomic mass is 10.2. The van der Waals surface area contributed by atoms with Crippen LogP contribution in [0.5, 0.6) is 0 Å². The van der Waals surface area contributed by atoms with Crippen molar-refractivity contribution in [2.45, 2.75) is 31.7 Å². The van der Waals surface area contributed by atoms with Crippen LogP contribution < -0.4 is 0 Å². The van der Waals surface area contributed by atoms with E-state index in [0.717, 1.165) is 25.7 Å². The summed E-state index contributed by atoms with van der Waals surface area (Å²) >= 11 is 0. The molecule has 1 N–H and O–H groups in total. The maximum atomic E-state index is 12.1. The molecule has 6 nitrogen and oxygen atoms in total. The molecular weight excluding hydrogens is 224 g/mol. The van der Waals surface area contributed by atoms with Crippen LogP contribution in [0, 0.1) is 0 Å². The Kier molecular flexibility index (Phi) is 3.41. The summed E-state index contributed by atoms with van der Waals surface area (Å²) in [5.74, 6) is -1.31. The second-order valence-electron chi connectivity index (χ2n) is 4.14. The second-order valence-corrected chi connectivity index (χ2v) is 4.14. The summed E-state index contributed by atoms with van der Waals surface area (Å²) < 4.78 is 4.78. The number of rotatable bonds is 4. The van der Waals surface area contributed by atoms with Crippen molar-refractivity contribution < 1.29 is 19.2 Å². The Balaban J connectivity index is 2.14. The molecule has 2 rings (SSSR count). The zero-order chi connectivity index (χ0) is 12.3. The molecule has 6 heteroatoms. The lowest BCUT2D eigenvalue weighted by Crippen LogP contribution is -2.42. The summed E-state index contributed by atoms with van der Waals surface area (Å²) in [5, 5.41) is 12.3. The van der Waals surface area contributed by atoms with Crippen LogP contribution in [0.3, 0.4) is 0 Å². The van der Waals surface area contributed by atoms with Gasteiger partial charge in [-0.1, -0.05) is 18.0 Å². The van der Waals surface area contributed by atoms with Crippen LogP contribution in [0.25, 0.3) is 0 Å². The number of aliphatic carboxylic acids is 1. The van der Waals surface area contributed by atoms with E-state index in [1.807, 2.05) is 0 Å². The normalized spacial score (nSPS) is 16.0. The van der Waals surface area contributed by atoms with Gasteiger partial charge in [-0.25, -0.2) is 0 Å². The third-order valence-corrected chi connectivity index (χ3v) is 2.98. The Hall–Kier alpha value is -1.85. The molecule has 0 atom stereocenters. The summed E-state index contributed by atoms with van der Waals surface area (Å²) in [6.45, 7) is -0.288. The van der Waals surface area contributed by atoms with Gasteiger partial charge in [0.05, 0.1) is 6.20 Å². The average molecular weight is 238 g/mol. The van der Waals surface area contributed by atoms with Crippen LogP contribution in [-0.4, -0.2) is 39.6 Å². The van der Waals surface area contributed by atoms with Crippen LogP contribution in [0.15, 0.2) is 16.8 Å². The Morgan fingerprint density at radius 3 is 2.71 bits per heavy atom. The van der Waals surface area contributed by atoms with Crippen molar-refractivity contribution in [1.29, 1.82) is 0 Å². The summed E-state index contributed by atoms with van der Waals surface area (Å²) in [6, 6.07) is 1.45. The fraction of sp³-hybridized carbons (Fsp3) is 0.545. The molecule has 17 heavy (non-hydrogen) atoms. The number of amides is 1. The Bertz CT molecular complexity index is 396. The largest absolute Gasteiger partial charge is 0.480 e. The van der Waals surface area contributed by atoms with Gasteiger partial charge in [-0.05, 0) is 12.8 Å². The van der Waals surface area contributed by atoms with E-state index in [2.05, 4.69) is 5.16 Å². The van der Waals surface area contributed by atoms with E-state index >= 15 is 0 Å². The third-order valence-electron chi connectivity index (χ3n) is 2.98. The van der Waals surface area contributed by atoms with Crippen LogP contribution in [0.2, 0.25) is 0 Å². The molecule has 1 fully saturated rings. The molecule has 0 aromatic carbocycles. The van der Waals surface area contributed by atoms with Crippen molar-refractivity contribution >= 4 is 11.9 Å². The Morgan fingerprint density at radius 1 is 1.47 bits per heavy atom. The molecule has 1 heterocycles. The van der Waals surface area contributed by atoms with E-state index in [4.69, 9.17) is 9.63 Å². The maximum Gasteiger partial charge on any atom is 0.323 e. The molecule has 0 unspecified atom stereocenters. The predicted octanol–water partition coefficient (Wildman–Crippen LogP) is 1.14. The number of carbonyl (C=O) groups is 2. The second kappa shape index (κ2) is 4.99. The standard InChI is InChI=1S/C11H14N2O4/c14-10(15)7-13(8-3-1-2-4-8)11(16)9-5-6-12-17-9/h5-6,8H,1-4,7H2,(H,14,15). The lowest BCUT2D eigenvalue weighted by molar-refractivity contribution is -0.138. The van der Waals surface area contributed by atoms with Gasteiger partial charge in [-0.2, -0.15) is 0 Å². The zero-order valence-electron chi connectivity index (χ0n) is 9.33. The molecule has 1 amide bonds. The smallest absolute Gasteiger partial charge is 0.323 e. The predicted molar refractivity (Wildman–Crippen MR) is 57.4 cm³/mol. The minimum absolute atomic E-state index is 0.00343. The molecule has 92 valence electrons. The van der Waals surface area contributed by atoms with Crippen molar-refractivity contribution in [3.63, 3.8) is 0 Å². The molecule has 1 aromatic rings. The summed E-state index contributed by atoms with van der Waals surface area (Å²) in [6.07, 6.45) is 5.15. The number of carboxylic acids is 1. The molecule has 0 aliphatic heterocycles. The summed E-state index contributed by atoms with van der Waals surface area (Å²) in [7, 11) is 0. The summed E-state index contributed by atoms with van der Waals surface area (Å²) in [4.78, 5) is 24.2. The molecule has 0 saturated heterocycles. The molecule has 0 radical (unpaired) electrons. The van der Waals surface area contributed by atoms with Gasteiger partial charge >= 0.3 is 5.97 Å². The van der Waals surface area contributed by atoms with Gasteiger partial charge in [0.15, 0.2) is 0 Å². The lowest BCUT2D eigenvalue weighted by Gasteiger charge is -2.26. The zero-order valence-corrected chi connectivity index (χ0v) is 9.33. The Morgan fingerprint density at radius 2 is 2.18 bits per heavy atom. The molecular formula is C11H14N2O4. The first-order valence-electron chi connectivity index (χ1n) is 5.62. The summed E-state index contributed by atoms with van der Waals surface area (Å²) in [5.41, 5.74) is 0. The topological polar surface area (TPSA) is 83.6 Å². The molecule has 0 spiro atoms. The highest BCUT2D eigenvalue weighted by molar-refractivity contribution is 5.93. The fourth-order valence-electron chi connectivity index (χ4n) is 2.20. The van der Waals surface area contributed by atoms with Crippen LogP contribution in [-0.2, 0) is 4.79 Å². The van der Waals surface area contributed by atoms with Crippen molar-refractivity contribution in [1.82, 2.24) is 10.1 Å². The van der Waals surface area contributed by atoms with E-state index in [0.29, 0.717) is 0 Å². The number of carbonyl (C=O) groups excluding carboxylic acids is 1. The van der Waals surface area contributed by atoms with Crippen molar-refractivity contribution in [3.8, 4) is 0 Å². The maximum absolute atomic E-state index is 12.1. The molecule has 1 saturated carbocycles.